The van der Waals surface area contributed by atoms with Gasteiger partial charge >= 0.3 is 0 Å². The van der Waals surface area contributed by atoms with Crippen molar-refractivity contribution in [2.45, 2.75) is 38.8 Å². The summed E-state index contributed by atoms with van der Waals surface area (Å²) in [7, 11) is 1.91. The van der Waals surface area contributed by atoms with E-state index in [4.69, 9.17) is 0 Å². The molecule has 4 heteroatoms. The van der Waals surface area contributed by atoms with Crippen LogP contribution >= 0.6 is 0 Å². The van der Waals surface area contributed by atoms with Crippen molar-refractivity contribution in [1.29, 1.82) is 0 Å². The van der Waals surface area contributed by atoms with Crippen LogP contribution < -0.4 is 5.32 Å². The van der Waals surface area contributed by atoms with Crippen LogP contribution in [0.4, 0.5) is 4.39 Å². The lowest BCUT2D eigenvalue weighted by atomic mass is 9.90. The number of aryl methyl sites for hydroxylation is 2. The lowest BCUT2D eigenvalue weighted by molar-refractivity contribution is 0.185. The second kappa shape index (κ2) is 5.63. The summed E-state index contributed by atoms with van der Waals surface area (Å²) in [5.74, 6) is 0.219. The Bertz CT molecular complexity index is 356. The first-order valence-corrected chi connectivity index (χ1v) is 6.57. The summed E-state index contributed by atoms with van der Waals surface area (Å²) in [5.41, 5.74) is 2.08. The van der Waals surface area contributed by atoms with E-state index in [1.54, 1.807) is 0 Å². The lowest BCUT2D eigenvalue weighted by Gasteiger charge is -2.25. The van der Waals surface area contributed by atoms with Crippen molar-refractivity contribution in [2.75, 3.05) is 13.1 Å². The van der Waals surface area contributed by atoms with Crippen LogP contribution in [0.15, 0.2) is 6.07 Å². The summed E-state index contributed by atoms with van der Waals surface area (Å²) < 4.78 is 16.0. The quantitative estimate of drug-likeness (QED) is 0.869. The zero-order chi connectivity index (χ0) is 12.3. The Balaban J connectivity index is 1.96. The summed E-state index contributed by atoms with van der Waals surface area (Å²) >= 11 is 0. The Labute approximate surface area is 102 Å². The molecule has 17 heavy (non-hydrogen) atoms. The van der Waals surface area contributed by atoms with E-state index >= 15 is 0 Å². The number of rotatable bonds is 4. The predicted octanol–water partition coefficient (Wildman–Crippen LogP) is 1.86. The Hall–Kier alpha value is -0.900. The maximum absolute atomic E-state index is 14.2. The first-order valence-electron chi connectivity index (χ1n) is 6.57. The van der Waals surface area contributed by atoms with Gasteiger partial charge in [-0.15, -0.1) is 0 Å². The van der Waals surface area contributed by atoms with Gasteiger partial charge in [-0.2, -0.15) is 5.10 Å². The van der Waals surface area contributed by atoms with E-state index in [1.165, 1.54) is 0 Å². The number of nitrogens with one attached hydrogen (secondary N) is 1. The summed E-state index contributed by atoms with van der Waals surface area (Å²) in [5, 5.41) is 7.64. The monoisotopic (exact) mass is 239 g/mol. The number of aromatic nitrogens is 2. The minimum absolute atomic E-state index is 0.219. The third-order valence-electron chi connectivity index (χ3n) is 3.69. The van der Waals surface area contributed by atoms with E-state index in [2.05, 4.69) is 17.3 Å². The highest BCUT2D eigenvalue weighted by Gasteiger charge is 2.24. The topological polar surface area (TPSA) is 29.9 Å². The summed E-state index contributed by atoms with van der Waals surface area (Å²) in [6.45, 7) is 3.99. The van der Waals surface area contributed by atoms with Crippen molar-refractivity contribution in [3.63, 3.8) is 0 Å². The molecule has 0 amide bonds. The zero-order valence-corrected chi connectivity index (χ0v) is 10.7. The van der Waals surface area contributed by atoms with Gasteiger partial charge in [0.1, 0.15) is 6.17 Å². The molecular weight excluding hydrogens is 217 g/mol. The van der Waals surface area contributed by atoms with Crippen LogP contribution in [0.5, 0.6) is 0 Å². The number of alkyl halides is 1. The molecule has 1 N–H and O–H groups in total. The molecular formula is C13H22FN3. The van der Waals surface area contributed by atoms with E-state index in [1.807, 2.05) is 17.8 Å². The van der Waals surface area contributed by atoms with Crippen molar-refractivity contribution >= 4 is 0 Å². The molecule has 1 atom stereocenters. The fourth-order valence-electron chi connectivity index (χ4n) is 2.51. The SMILES string of the molecule is CCc1cc(CC(F)C2CCNCC2)n(C)n1. The van der Waals surface area contributed by atoms with Crippen LogP contribution in [0.3, 0.4) is 0 Å². The lowest BCUT2D eigenvalue weighted by Crippen LogP contribution is -2.33. The van der Waals surface area contributed by atoms with E-state index in [9.17, 15) is 4.39 Å². The van der Waals surface area contributed by atoms with Crippen molar-refractivity contribution in [1.82, 2.24) is 15.1 Å². The van der Waals surface area contributed by atoms with Gasteiger partial charge in [-0.25, -0.2) is 4.39 Å². The number of hydrogen-bond donors (Lipinski definition) is 1. The molecule has 0 aromatic carbocycles. The maximum Gasteiger partial charge on any atom is 0.109 e. The van der Waals surface area contributed by atoms with Crippen LogP contribution in [-0.4, -0.2) is 29.0 Å². The summed E-state index contributed by atoms with van der Waals surface area (Å²) in [6, 6.07) is 2.04. The fraction of sp³-hybridized carbons (Fsp3) is 0.769. The molecule has 0 bridgehead atoms. The Morgan fingerprint density at radius 1 is 1.53 bits per heavy atom. The van der Waals surface area contributed by atoms with Crippen LogP contribution in [0.25, 0.3) is 0 Å². The van der Waals surface area contributed by atoms with E-state index in [0.717, 1.165) is 43.7 Å². The number of piperidine rings is 1. The van der Waals surface area contributed by atoms with Gasteiger partial charge in [0.15, 0.2) is 0 Å². The second-order valence-electron chi connectivity index (χ2n) is 4.91. The Kier molecular flexibility index (Phi) is 4.15. The van der Waals surface area contributed by atoms with E-state index < -0.39 is 6.17 Å². The fourth-order valence-corrected chi connectivity index (χ4v) is 2.51. The van der Waals surface area contributed by atoms with Gasteiger partial charge in [-0.05, 0) is 44.3 Å². The van der Waals surface area contributed by atoms with Crippen molar-refractivity contribution in [3.8, 4) is 0 Å². The van der Waals surface area contributed by atoms with Crippen molar-refractivity contribution < 1.29 is 4.39 Å². The molecule has 1 aromatic rings. The summed E-state index contributed by atoms with van der Waals surface area (Å²) in [6.07, 6.45) is 2.61. The number of halogens is 1. The maximum atomic E-state index is 14.2. The second-order valence-corrected chi connectivity index (χ2v) is 4.91. The van der Waals surface area contributed by atoms with Crippen LogP contribution in [0.1, 0.15) is 31.2 Å². The molecule has 0 spiro atoms. The Morgan fingerprint density at radius 3 is 2.82 bits per heavy atom. The smallest absolute Gasteiger partial charge is 0.109 e. The highest BCUT2D eigenvalue weighted by atomic mass is 19.1. The molecule has 1 fully saturated rings. The molecule has 96 valence electrons. The molecule has 0 aliphatic carbocycles. The van der Waals surface area contributed by atoms with Crippen LogP contribution in [-0.2, 0) is 19.9 Å². The van der Waals surface area contributed by atoms with Crippen molar-refractivity contribution in [2.24, 2.45) is 13.0 Å². The van der Waals surface area contributed by atoms with Gasteiger partial charge < -0.3 is 5.32 Å². The number of hydrogen-bond acceptors (Lipinski definition) is 2. The van der Waals surface area contributed by atoms with Crippen LogP contribution in [0.2, 0.25) is 0 Å². The average Bonchev–Trinajstić information content (AvgIpc) is 2.71. The normalized spacial score (nSPS) is 19.5. The minimum atomic E-state index is -0.725. The van der Waals surface area contributed by atoms with Gasteiger partial charge in [0.05, 0.1) is 5.69 Å². The van der Waals surface area contributed by atoms with Gasteiger partial charge in [-0.1, -0.05) is 6.92 Å². The van der Waals surface area contributed by atoms with Crippen LogP contribution in [0, 0.1) is 5.92 Å². The highest BCUT2D eigenvalue weighted by Crippen LogP contribution is 2.22. The molecule has 1 aromatic heterocycles. The molecule has 0 radical (unpaired) electrons. The van der Waals surface area contributed by atoms with E-state index in [0.29, 0.717) is 6.42 Å². The zero-order valence-electron chi connectivity index (χ0n) is 10.7. The van der Waals surface area contributed by atoms with E-state index in [-0.39, 0.29) is 5.92 Å². The van der Waals surface area contributed by atoms with Crippen molar-refractivity contribution in [3.05, 3.63) is 17.5 Å². The van der Waals surface area contributed by atoms with Gasteiger partial charge in [0, 0.05) is 19.2 Å². The molecule has 1 unspecified atom stereocenters. The van der Waals surface area contributed by atoms with Gasteiger partial charge in [0.2, 0.25) is 0 Å². The molecule has 1 aliphatic rings. The molecule has 0 saturated carbocycles. The Morgan fingerprint density at radius 2 is 2.24 bits per heavy atom. The molecule has 3 nitrogen and oxygen atoms in total. The first kappa shape index (κ1) is 12.6. The number of nitrogens with zero attached hydrogens (tertiary/aromatic N) is 2. The van der Waals surface area contributed by atoms with Gasteiger partial charge in [0.25, 0.3) is 0 Å². The molecule has 1 aliphatic heterocycles. The molecule has 1 saturated heterocycles. The third kappa shape index (κ3) is 3.06. The minimum Gasteiger partial charge on any atom is -0.317 e. The summed E-state index contributed by atoms with van der Waals surface area (Å²) in [4.78, 5) is 0. The highest BCUT2D eigenvalue weighted by molar-refractivity contribution is 5.11. The average molecular weight is 239 g/mol. The molecule has 2 heterocycles. The third-order valence-corrected chi connectivity index (χ3v) is 3.69. The standard InChI is InChI=1S/C13H22FN3/c1-3-11-8-12(17(2)16-11)9-13(14)10-4-6-15-7-5-10/h8,10,13,15H,3-7,9H2,1-2H3. The first-order chi connectivity index (χ1) is 8.20. The predicted molar refractivity (Wildman–Crippen MR) is 66.8 cm³/mol. The largest absolute Gasteiger partial charge is 0.317 e. The van der Waals surface area contributed by atoms with Gasteiger partial charge in [-0.3, -0.25) is 4.68 Å². The molecule has 2 rings (SSSR count).